The third kappa shape index (κ3) is 4.76. The average molecular weight is 338 g/mol. The van der Waals surface area contributed by atoms with Crippen molar-refractivity contribution in [2.24, 2.45) is 0 Å². The molecular formula is C17H26N2O3S. The third-order valence-corrected chi connectivity index (χ3v) is 6.24. The van der Waals surface area contributed by atoms with E-state index < -0.39 is 10.0 Å². The van der Waals surface area contributed by atoms with Crippen LogP contribution in [0.4, 0.5) is 0 Å². The van der Waals surface area contributed by atoms with Crippen molar-refractivity contribution in [2.45, 2.75) is 49.1 Å². The molecule has 3 rings (SSSR count). The number of piperidine rings is 1. The van der Waals surface area contributed by atoms with Crippen molar-refractivity contribution in [1.29, 1.82) is 0 Å². The summed E-state index contributed by atoms with van der Waals surface area (Å²) in [5.74, 6) is 0. The van der Waals surface area contributed by atoms with E-state index in [0.29, 0.717) is 11.0 Å². The molecule has 2 aliphatic heterocycles. The Bertz CT molecular complexity index is 577. The van der Waals surface area contributed by atoms with Gasteiger partial charge in [0.1, 0.15) is 0 Å². The lowest BCUT2D eigenvalue weighted by Gasteiger charge is -2.35. The maximum Gasteiger partial charge on any atom is 0.240 e. The topological polar surface area (TPSA) is 58.6 Å². The zero-order valence-corrected chi connectivity index (χ0v) is 14.3. The van der Waals surface area contributed by atoms with Crippen LogP contribution in [-0.2, 0) is 14.8 Å². The summed E-state index contributed by atoms with van der Waals surface area (Å²) in [6, 6.07) is 8.63. The van der Waals surface area contributed by atoms with Gasteiger partial charge in [-0.1, -0.05) is 18.2 Å². The van der Waals surface area contributed by atoms with Crippen molar-refractivity contribution >= 4 is 10.0 Å². The van der Waals surface area contributed by atoms with E-state index in [2.05, 4.69) is 9.62 Å². The molecule has 0 radical (unpaired) electrons. The monoisotopic (exact) mass is 338 g/mol. The smallest absolute Gasteiger partial charge is 0.240 e. The Morgan fingerprint density at radius 1 is 1.09 bits per heavy atom. The van der Waals surface area contributed by atoms with E-state index in [1.165, 1.54) is 12.8 Å². The first-order valence-electron chi connectivity index (χ1n) is 8.55. The highest BCUT2D eigenvalue weighted by Crippen LogP contribution is 2.18. The predicted molar refractivity (Wildman–Crippen MR) is 89.8 cm³/mol. The molecule has 2 aliphatic rings. The largest absolute Gasteiger partial charge is 0.377 e. The van der Waals surface area contributed by atoms with Gasteiger partial charge in [-0.2, -0.15) is 0 Å². The minimum Gasteiger partial charge on any atom is -0.377 e. The summed E-state index contributed by atoms with van der Waals surface area (Å²) in [7, 11) is -3.40. The zero-order chi connectivity index (χ0) is 16.1. The maximum absolute atomic E-state index is 12.4. The van der Waals surface area contributed by atoms with Gasteiger partial charge in [0, 0.05) is 19.2 Å². The Morgan fingerprint density at radius 2 is 1.83 bits per heavy atom. The fourth-order valence-electron chi connectivity index (χ4n) is 3.36. The Hall–Kier alpha value is -0.950. The molecule has 0 spiro atoms. The lowest BCUT2D eigenvalue weighted by atomic mass is 10.0. The molecule has 2 saturated heterocycles. The van der Waals surface area contributed by atoms with Crippen molar-refractivity contribution < 1.29 is 13.2 Å². The standard InChI is InChI=1S/C17H26N2O3S/c20-23(21,17-7-2-1-3-8-17)18-15-9-11-19(12-10-15)14-16-6-4-5-13-22-16/h1-3,7-8,15-16,18H,4-6,9-14H2. The Kier molecular flexibility index (Phi) is 5.69. The number of benzene rings is 1. The fourth-order valence-corrected chi connectivity index (χ4v) is 4.69. The van der Waals surface area contributed by atoms with Gasteiger partial charge in [-0.3, -0.25) is 0 Å². The minimum absolute atomic E-state index is 0.0312. The molecule has 1 aromatic rings. The molecular weight excluding hydrogens is 312 g/mol. The molecule has 5 nitrogen and oxygen atoms in total. The highest BCUT2D eigenvalue weighted by Gasteiger charge is 2.26. The van der Waals surface area contributed by atoms with Crippen molar-refractivity contribution in [1.82, 2.24) is 9.62 Å². The van der Waals surface area contributed by atoms with Crippen LogP contribution >= 0.6 is 0 Å². The van der Waals surface area contributed by atoms with E-state index in [9.17, 15) is 8.42 Å². The van der Waals surface area contributed by atoms with Gasteiger partial charge in [0.15, 0.2) is 0 Å². The van der Waals surface area contributed by atoms with E-state index in [1.807, 2.05) is 6.07 Å². The van der Waals surface area contributed by atoms with Gasteiger partial charge in [-0.25, -0.2) is 13.1 Å². The minimum atomic E-state index is -3.40. The summed E-state index contributed by atoms with van der Waals surface area (Å²) in [5, 5.41) is 0. The second-order valence-corrected chi connectivity index (χ2v) is 8.21. The third-order valence-electron chi connectivity index (χ3n) is 4.70. The average Bonchev–Trinajstić information content (AvgIpc) is 2.58. The first-order valence-corrected chi connectivity index (χ1v) is 10.0. The van der Waals surface area contributed by atoms with E-state index in [0.717, 1.165) is 45.5 Å². The molecule has 1 N–H and O–H groups in total. The molecule has 6 heteroatoms. The van der Waals surface area contributed by atoms with Crippen LogP contribution in [0.3, 0.4) is 0 Å². The molecule has 0 aromatic heterocycles. The van der Waals surface area contributed by atoms with Crippen LogP contribution in [0.5, 0.6) is 0 Å². The first-order chi connectivity index (χ1) is 11.1. The summed E-state index contributed by atoms with van der Waals surface area (Å²) in [4.78, 5) is 2.75. The number of ether oxygens (including phenoxy) is 1. The number of nitrogens with one attached hydrogen (secondary N) is 1. The highest BCUT2D eigenvalue weighted by molar-refractivity contribution is 7.89. The molecule has 0 bridgehead atoms. The molecule has 23 heavy (non-hydrogen) atoms. The molecule has 0 aliphatic carbocycles. The molecule has 1 aromatic carbocycles. The van der Waals surface area contributed by atoms with Crippen molar-refractivity contribution in [3.05, 3.63) is 30.3 Å². The number of likely N-dealkylation sites (tertiary alicyclic amines) is 1. The molecule has 128 valence electrons. The van der Waals surface area contributed by atoms with Crippen molar-refractivity contribution in [2.75, 3.05) is 26.2 Å². The van der Waals surface area contributed by atoms with Crippen LogP contribution < -0.4 is 4.72 Å². The summed E-state index contributed by atoms with van der Waals surface area (Å²) in [6.07, 6.45) is 5.68. The Balaban J connectivity index is 1.47. The molecule has 0 saturated carbocycles. The SMILES string of the molecule is O=S(=O)(NC1CCN(CC2CCCCO2)CC1)c1ccccc1. The number of rotatable bonds is 5. The van der Waals surface area contributed by atoms with Crippen LogP contribution in [0.15, 0.2) is 35.2 Å². The summed E-state index contributed by atoms with van der Waals surface area (Å²) >= 11 is 0. The van der Waals surface area contributed by atoms with Crippen LogP contribution in [0.1, 0.15) is 32.1 Å². The van der Waals surface area contributed by atoms with E-state index >= 15 is 0 Å². The van der Waals surface area contributed by atoms with Crippen LogP contribution in [-0.4, -0.2) is 51.7 Å². The molecule has 0 amide bonds. The molecule has 1 atom stereocenters. The van der Waals surface area contributed by atoms with Crippen molar-refractivity contribution in [3.63, 3.8) is 0 Å². The predicted octanol–water partition coefficient (Wildman–Crippen LogP) is 2.00. The van der Waals surface area contributed by atoms with Gasteiger partial charge in [-0.15, -0.1) is 0 Å². The lowest BCUT2D eigenvalue weighted by Crippen LogP contribution is -2.47. The molecule has 2 heterocycles. The van der Waals surface area contributed by atoms with Crippen LogP contribution in [0, 0.1) is 0 Å². The molecule has 1 unspecified atom stereocenters. The summed E-state index contributed by atoms with van der Waals surface area (Å²) in [5.41, 5.74) is 0. The zero-order valence-electron chi connectivity index (χ0n) is 13.5. The van der Waals surface area contributed by atoms with Gasteiger partial charge in [-0.05, 0) is 57.3 Å². The van der Waals surface area contributed by atoms with Gasteiger partial charge >= 0.3 is 0 Å². The Morgan fingerprint density at radius 3 is 2.48 bits per heavy atom. The van der Waals surface area contributed by atoms with Gasteiger partial charge < -0.3 is 9.64 Å². The Labute approximate surface area is 139 Å². The number of hydrogen-bond donors (Lipinski definition) is 1. The van der Waals surface area contributed by atoms with Crippen molar-refractivity contribution in [3.8, 4) is 0 Å². The van der Waals surface area contributed by atoms with Crippen LogP contribution in [0.25, 0.3) is 0 Å². The second kappa shape index (κ2) is 7.75. The number of nitrogens with zero attached hydrogens (tertiary/aromatic N) is 1. The highest BCUT2D eigenvalue weighted by atomic mass is 32.2. The first kappa shape index (κ1) is 16.9. The van der Waals surface area contributed by atoms with E-state index in [-0.39, 0.29) is 6.04 Å². The normalized spacial score (nSPS) is 24.6. The lowest BCUT2D eigenvalue weighted by molar-refractivity contribution is -0.00963. The number of sulfonamides is 1. The quantitative estimate of drug-likeness (QED) is 0.892. The maximum atomic E-state index is 12.4. The van der Waals surface area contributed by atoms with E-state index in [1.54, 1.807) is 24.3 Å². The van der Waals surface area contributed by atoms with Gasteiger partial charge in [0.25, 0.3) is 0 Å². The second-order valence-electron chi connectivity index (χ2n) is 6.50. The number of hydrogen-bond acceptors (Lipinski definition) is 4. The summed E-state index contributed by atoms with van der Waals surface area (Å²) in [6.45, 7) is 3.74. The fraction of sp³-hybridized carbons (Fsp3) is 0.647. The van der Waals surface area contributed by atoms with E-state index in [4.69, 9.17) is 4.74 Å². The van der Waals surface area contributed by atoms with Gasteiger partial charge in [0.2, 0.25) is 10.0 Å². The van der Waals surface area contributed by atoms with Crippen LogP contribution in [0.2, 0.25) is 0 Å². The van der Waals surface area contributed by atoms with Gasteiger partial charge in [0.05, 0.1) is 11.0 Å². The summed E-state index contributed by atoms with van der Waals surface area (Å²) < 4.78 is 33.4. The molecule has 2 fully saturated rings.